The Bertz CT molecular complexity index is 602. The molecule has 0 atom stereocenters. The van der Waals surface area contributed by atoms with E-state index in [1.807, 2.05) is 13.8 Å². The van der Waals surface area contributed by atoms with Crippen LogP contribution in [0.5, 0.6) is 5.75 Å². The molecule has 0 aliphatic carbocycles. The Morgan fingerprint density at radius 3 is 2.50 bits per heavy atom. The Morgan fingerprint density at radius 2 is 1.95 bits per heavy atom. The Labute approximate surface area is 131 Å². The Morgan fingerprint density at radius 1 is 1.32 bits per heavy atom. The third-order valence-corrected chi connectivity index (χ3v) is 3.95. The number of rotatable bonds is 7. The molecule has 8 heteroatoms. The molecule has 1 rings (SSSR count). The summed E-state index contributed by atoms with van der Waals surface area (Å²) in [4.78, 5) is 11.5. The Balaban J connectivity index is 2.82. The molecule has 22 heavy (non-hydrogen) atoms. The number of hydrogen-bond donors (Lipinski definition) is 2. The van der Waals surface area contributed by atoms with Crippen LogP contribution in [0, 0.1) is 0 Å². The summed E-state index contributed by atoms with van der Waals surface area (Å²) in [7, 11) is -2.01. The molecule has 0 fully saturated rings. The first-order chi connectivity index (χ1) is 10.3. The highest BCUT2D eigenvalue weighted by Gasteiger charge is 2.20. The average molecular weight is 329 g/mol. The number of nitrogens with one attached hydrogen (secondary N) is 2. The number of benzene rings is 1. The van der Waals surface area contributed by atoms with Gasteiger partial charge in [-0.1, -0.05) is 12.1 Å². The number of carbonyl (C=O) groups is 1. The number of methoxy groups -OCH3 is 1. The van der Waals surface area contributed by atoms with Gasteiger partial charge in [0.25, 0.3) is 0 Å². The molecule has 0 aliphatic rings. The van der Waals surface area contributed by atoms with E-state index in [1.54, 1.807) is 24.3 Å². The maximum atomic E-state index is 12.0. The molecule has 7 nitrogen and oxygen atoms in total. The minimum atomic E-state index is -3.49. The number of ether oxygens (including phenoxy) is 1. The topological polar surface area (TPSA) is 87.7 Å². The zero-order valence-electron chi connectivity index (χ0n) is 13.3. The van der Waals surface area contributed by atoms with Crippen LogP contribution in [0.15, 0.2) is 24.3 Å². The van der Waals surface area contributed by atoms with E-state index in [2.05, 4.69) is 10.6 Å². The van der Waals surface area contributed by atoms with Crippen molar-refractivity contribution in [1.29, 1.82) is 0 Å². The van der Waals surface area contributed by atoms with Gasteiger partial charge in [-0.15, -0.1) is 0 Å². The standard InChI is InChI=1S/C14H23N3O4S/c1-11(2)16-14(18)15-9-10-17(22(4,19)20)12-7-5-6-8-13(12)21-3/h5-8,11H,9-10H2,1-4H3,(H2,15,16,18). The molecular formula is C14H23N3O4S. The van der Waals surface area contributed by atoms with Crippen molar-refractivity contribution in [2.45, 2.75) is 19.9 Å². The van der Waals surface area contributed by atoms with Crippen LogP contribution < -0.4 is 19.7 Å². The molecule has 0 aliphatic heterocycles. The van der Waals surface area contributed by atoms with Crippen molar-refractivity contribution in [2.75, 3.05) is 30.8 Å². The number of anilines is 1. The van der Waals surface area contributed by atoms with Crippen LogP contribution in [0.2, 0.25) is 0 Å². The van der Waals surface area contributed by atoms with Gasteiger partial charge in [-0.05, 0) is 26.0 Å². The molecule has 124 valence electrons. The third kappa shape index (κ3) is 5.44. The molecule has 0 aromatic heterocycles. The fourth-order valence-corrected chi connectivity index (χ4v) is 2.82. The van der Waals surface area contributed by atoms with Gasteiger partial charge in [0, 0.05) is 12.6 Å². The van der Waals surface area contributed by atoms with Crippen molar-refractivity contribution < 1.29 is 17.9 Å². The summed E-state index contributed by atoms with van der Waals surface area (Å²) in [6, 6.07) is 6.52. The SMILES string of the molecule is COc1ccccc1N(CCNC(=O)NC(C)C)S(C)(=O)=O. The second kappa shape index (κ2) is 7.88. The van der Waals surface area contributed by atoms with E-state index >= 15 is 0 Å². The molecule has 2 N–H and O–H groups in total. The summed E-state index contributed by atoms with van der Waals surface area (Å²) in [6.45, 7) is 3.99. The van der Waals surface area contributed by atoms with Gasteiger partial charge in [0.1, 0.15) is 5.75 Å². The smallest absolute Gasteiger partial charge is 0.315 e. The maximum Gasteiger partial charge on any atom is 0.315 e. The minimum Gasteiger partial charge on any atom is -0.495 e. The van der Waals surface area contributed by atoms with Gasteiger partial charge in [0.05, 0.1) is 25.6 Å². The van der Waals surface area contributed by atoms with Crippen molar-refractivity contribution in [3.05, 3.63) is 24.3 Å². The predicted molar refractivity (Wildman–Crippen MR) is 86.9 cm³/mol. The van der Waals surface area contributed by atoms with E-state index in [1.165, 1.54) is 11.4 Å². The van der Waals surface area contributed by atoms with Crippen molar-refractivity contribution in [2.24, 2.45) is 0 Å². The Hall–Kier alpha value is -1.96. The lowest BCUT2D eigenvalue weighted by Crippen LogP contribution is -2.44. The molecule has 0 unspecified atom stereocenters. The van der Waals surface area contributed by atoms with Crippen LogP contribution in [-0.4, -0.2) is 46.9 Å². The molecule has 0 bridgehead atoms. The number of amides is 2. The summed E-state index contributed by atoms with van der Waals surface area (Å²) < 4.78 is 30.4. The van der Waals surface area contributed by atoms with Gasteiger partial charge in [-0.3, -0.25) is 4.31 Å². The third-order valence-electron chi connectivity index (χ3n) is 2.77. The van der Waals surface area contributed by atoms with E-state index in [9.17, 15) is 13.2 Å². The monoisotopic (exact) mass is 329 g/mol. The zero-order valence-corrected chi connectivity index (χ0v) is 14.1. The second-order valence-corrected chi connectivity index (χ2v) is 6.97. The highest BCUT2D eigenvalue weighted by Crippen LogP contribution is 2.28. The molecule has 0 saturated heterocycles. The first-order valence-electron chi connectivity index (χ1n) is 6.90. The highest BCUT2D eigenvalue weighted by atomic mass is 32.2. The van der Waals surface area contributed by atoms with Crippen LogP contribution in [0.25, 0.3) is 0 Å². The molecule has 0 radical (unpaired) electrons. The fourth-order valence-electron chi connectivity index (χ4n) is 1.88. The molecule has 0 spiro atoms. The number of para-hydroxylation sites is 2. The Kier molecular flexibility index (Phi) is 6.48. The van der Waals surface area contributed by atoms with E-state index in [-0.39, 0.29) is 25.2 Å². The number of nitrogens with zero attached hydrogens (tertiary/aromatic N) is 1. The van der Waals surface area contributed by atoms with Crippen molar-refractivity contribution >= 4 is 21.7 Å². The van der Waals surface area contributed by atoms with E-state index in [0.29, 0.717) is 11.4 Å². The van der Waals surface area contributed by atoms with Crippen LogP contribution in [0.3, 0.4) is 0 Å². The zero-order chi connectivity index (χ0) is 16.8. The van der Waals surface area contributed by atoms with E-state index in [0.717, 1.165) is 6.26 Å². The number of sulfonamides is 1. The van der Waals surface area contributed by atoms with Gasteiger partial charge in [0.2, 0.25) is 10.0 Å². The maximum absolute atomic E-state index is 12.0. The van der Waals surface area contributed by atoms with Gasteiger partial charge < -0.3 is 15.4 Å². The summed E-state index contributed by atoms with van der Waals surface area (Å²) in [6.07, 6.45) is 1.12. The molecule has 2 amide bonds. The largest absolute Gasteiger partial charge is 0.495 e. The first-order valence-corrected chi connectivity index (χ1v) is 8.75. The van der Waals surface area contributed by atoms with Gasteiger partial charge in [-0.25, -0.2) is 13.2 Å². The summed E-state index contributed by atoms with van der Waals surface area (Å²) in [5, 5.41) is 5.30. The fraction of sp³-hybridized carbons (Fsp3) is 0.500. The molecule has 0 saturated carbocycles. The van der Waals surface area contributed by atoms with Crippen molar-refractivity contribution in [3.8, 4) is 5.75 Å². The van der Waals surface area contributed by atoms with Crippen LogP contribution >= 0.6 is 0 Å². The number of hydrogen-bond acceptors (Lipinski definition) is 4. The first kappa shape index (κ1) is 18.1. The van der Waals surface area contributed by atoms with Crippen LogP contribution in [0.1, 0.15) is 13.8 Å². The number of urea groups is 1. The second-order valence-electron chi connectivity index (χ2n) is 5.06. The van der Waals surface area contributed by atoms with Gasteiger partial charge >= 0.3 is 6.03 Å². The minimum absolute atomic E-state index is 0.0141. The van der Waals surface area contributed by atoms with Crippen molar-refractivity contribution in [3.63, 3.8) is 0 Å². The lowest BCUT2D eigenvalue weighted by Gasteiger charge is -2.24. The lowest BCUT2D eigenvalue weighted by molar-refractivity contribution is 0.239. The average Bonchev–Trinajstić information content (AvgIpc) is 2.41. The van der Waals surface area contributed by atoms with E-state index < -0.39 is 10.0 Å². The normalized spacial score (nSPS) is 11.1. The predicted octanol–water partition coefficient (Wildman–Crippen LogP) is 1.17. The molecule has 0 heterocycles. The highest BCUT2D eigenvalue weighted by molar-refractivity contribution is 7.92. The molecule has 1 aromatic rings. The summed E-state index contributed by atoms with van der Waals surface area (Å²) >= 11 is 0. The molecular weight excluding hydrogens is 306 g/mol. The lowest BCUT2D eigenvalue weighted by atomic mass is 10.3. The number of carbonyl (C=O) groups excluding carboxylic acids is 1. The van der Waals surface area contributed by atoms with Crippen LogP contribution in [-0.2, 0) is 10.0 Å². The van der Waals surface area contributed by atoms with E-state index in [4.69, 9.17) is 4.74 Å². The summed E-state index contributed by atoms with van der Waals surface area (Å²) in [5.74, 6) is 0.458. The molecule has 1 aromatic carbocycles. The summed E-state index contributed by atoms with van der Waals surface area (Å²) in [5.41, 5.74) is 0.443. The van der Waals surface area contributed by atoms with Crippen LogP contribution in [0.4, 0.5) is 10.5 Å². The van der Waals surface area contributed by atoms with Crippen molar-refractivity contribution in [1.82, 2.24) is 10.6 Å². The quantitative estimate of drug-likeness (QED) is 0.786. The van der Waals surface area contributed by atoms with Gasteiger partial charge in [-0.2, -0.15) is 0 Å². The van der Waals surface area contributed by atoms with Gasteiger partial charge in [0.15, 0.2) is 0 Å².